The van der Waals surface area contributed by atoms with Gasteiger partial charge in [0.15, 0.2) is 5.76 Å². The Morgan fingerprint density at radius 1 is 1.20 bits per heavy atom. The lowest BCUT2D eigenvalue weighted by Gasteiger charge is -2.10. The molecule has 0 aliphatic heterocycles. The van der Waals surface area contributed by atoms with Crippen LogP contribution in [0.25, 0.3) is 11.5 Å². The molecule has 3 rings (SSSR count). The van der Waals surface area contributed by atoms with Crippen molar-refractivity contribution < 1.29 is 13.9 Å². The highest BCUT2D eigenvalue weighted by Gasteiger charge is 2.11. The molecule has 0 unspecified atom stereocenters. The minimum Gasteiger partial charge on any atom is -0.496 e. The van der Waals surface area contributed by atoms with Crippen LogP contribution in [0.3, 0.4) is 0 Å². The smallest absolute Gasteiger partial charge is 0.266 e. The lowest BCUT2D eigenvalue weighted by molar-refractivity contribution is 0.0948. The van der Waals surface area contributed by atoms with E-state index in [-0.39, 0.29) is 24.6 Å². The van der Waals surface area contributed by atoms with E-state index in [1.807, 2.05) is 0 Å². The molecule has 0 bridgehead atoms. The van der Waals surface area contributed by atoms with Crippen molar-refractivity contribution in [3.05, 3.63) is 70.7 Å². The number of nitrogens with zero attached hydrogens (tertiary/aromatic N) is 2. The first-order chi connectivity index (χ1) is 12.2. The Balaban J connectivity index is 1.67. The molecule has 3 aromatic rings. The van der Waals surface area contributed by atoms with Crippen LogP contribution in [0, 0.1) is 0 Å². The number of aromatic nitrogens is 2. The van der Waals surface area contributed by atoms with Gasteiger partial charge < -0.3 is 14.5 Å². The number of nitrogens with one attached hydrogen (secondary N) is 1. The highest BCUT2D eigenvalue weighted by atomic mass is 16.5. The first kappa shape index (κ1) is 16.5. The fraction of sp³-hybridized carbons (Fsp3) is 0.167. The number of hydrogen-bond donors (Lipinski definition) is 1. The molecule has 0 aliphatic carbocycles. The number of amides is 1. The van der Waals surface area contributed by atoms with Crippen LogP contribution >= 0.6 is 0 Å². The number of hydrogen-bond acceptors (Lipinski definition) is 5. The first-order valence-corrected chi connectivity index (χ1v) is 7.72. The summed E-state index contributed by atoms with van der Waals surface area (Å²) in [5.74, 6) is 0.801. The lowest BCUT2D eigenvalue weighted by atomic mass is 10.2. The number of carbonyl (C=O) groups excluding carboxylic acids is 1. The van der Waals surface area contributed by atoms with E-state index in [9.17, 15) is 9.59 Å². The van der Waals surface area contributed by atoms with Gasteiger partial charge in [-0.05, 0) is 30.3 Å². The first-order valence-electron chi connectivity index (χ1n) is 7.72. The number of rotatable bonds is 6. The summed E-state index contributed by atoms with van der Waals surface area (Å²) < 4.78 is 11.7. The van der Waals surface area contributed by atoms with Gasteiger partial charge in [0.25, 0.3) is 11.5 Å². The van der Waals surface area contributed by atoms with Crippen LogP contribution in [0.15, 0.2) is 64.0 Å². The minimum atomic E-state index is -0.271. The van der Waals surface area contributed by atoms with E-state index in [1.54, 1.807) is 48.7 Å². The summed E-state index contributed by atoms with van der Waals surface area (Å²) in [5.41, 5.74) is 0.747. The normalized spacial score (nSPS) is 10.4. The molecule has 2 heterocycles. The molecule has 0 aliphatic rings. The van der Waals surface area contributed by atoms with Gasteiger partial charge in [-0.15, -0.1) is 0 Å². The van der Waals surface area contributed by atoms with Gasteiger partial charge in [0, 0.05) is 12.6 Å². The molecule has 25 heavy (non-hydrogen) atoms. The summed E-state index contributed by atoms with van der Waals surface area (Å²) in [6, 6.07) is 13.5. The second-order valence-electron chi connectivity index (χ2n) is 5.21. The van der Waals surface area contributed by atoms with Gasteiger partial charge in [-0.2, -0.15) is 5.10 Å². The second-order valence-corrected chi connectivity index (χ2v) is 5.21. The number of methoxy groups -OCH3 is 1. The Kier molecular flexibility index (Phi) is 4.94. The number of ether oxygens (including phenoxy) is 1. The molecule has 1 N–H and O–H groups in total. The van der Waals surface area contributed by atoms with E-state index in [2.05, 4.69) is 10.4 Å². The van der Waals surface area contributed by atoms with Gasteiger partial charge in [-0.3, -0.25) is 9.59 Å². The van der Waals surface area contributed by atoms with Gasteiger partial charge in [0.05, 0.1) is 25.5 Å². The van der Waals surface area contributed by atoms with Crippen molar-refractivity contribution in [3.63, 3.8) is 0 Å². The summed E-state index contributed by atoms with van der Waals surface area (Å²) in [5, 5.41) is 7.01. The predicted molar refractivity (Wildman–Crippen MR) is 91.5 cm³/mol. The zero-order valence-corrected chi connectivity index (χ0v) is 13.6. The van der Waals surface area contributed by atoms with Crippen molar-refractivity contribution >= 4 is 5.91 Å². The van der Waals surface area contributed by atoms with Crippen LogP contribution in [0.2, 0.25) is 0 Å². The molecule has 0 saturated carbocycles. The largest absolute Gasteiger partial charge is 0.496 e. The fourth-order valence-electron chi connectivity index (χ4n) is 2.37. The third-order valence-corrected chi connectivity index (χ3v) is 3.60. The molecule has 0 fully saturated rings. The highest BCUT2D eigenvalue weighted by molar-refractivity contribution is 5.96. The minimum absolute atomic E-state index is 0.244. The SMILES string of the molecule is COc1ccccc1C(=O)NCCn1nc(-c2ccco2)ccc1=O. The highest BCUT2D eigenvalue weighted by Crippen LogP contribution is 2.17. The standard InChI is InChI=1S/C18H17N3O4/c1-24-15-6-3-2-5-13(15)18(23)19-10-11-21-17(22)9-8-14(20-21)16-7-4-12-25-16/h2-9,12H,10-11H2,1H3,(H,19,23). The zero-order chi connectivity index (χ0) is 17.6. The topological polar surface area (TPSA) is 86.4 Å². The molecular weight excluding hydrogens is 322 g/mol. The fourth-order valence-corrected chi connectivity index (χ4v) is 2.37. The number of carbonyl (C=O) groups is 1. The molecule has 2 aromatic heterocycles. The van der Waals surface area contributed by atoms with Crippen molar-refractivity contribution in [1.82, 2.24) is 15.1 Å². The predicted octanol–water partition coefficient (Wildman–Crippen LogP) is 1.94. The van der Waals surface area contributed by atoms with Crippen molar-refractivity contribution in [1.29, 1.82) is 0 Å². The van der Waals surface area contributed by atoms with E-state index in [0.717, 1.165) is 0 Å². The van der Waals surface area contributed by atoms with E-state index in [4.69, 9.17) is 9.15 Å². The van der Waals surface area contributed by atoms with Crippen LogP contribution in [-0.4, -0.2) is 29.3 Å². The summed E-state index contributed by atoms with van der Waals surface area (Å²) >= 11 is 0. The van der Waals surface area contributed by atoms with E-state index in [0.29, 0.717) is 22.8 Å². The van der Waals surface area contributed by atoms with Gasteiger partial charge in [-0.25, -0.2) is 4.68 Å². The molecule has 0 saturated heterocycles. The Labute approximate surface area is 143 Å². The molecule has 1 aromatic carbocycles. The van der Waals surface area contributed by atoms with E-state index in [1.165, 1.54) is 17.9 Å². The van der Waals surface area contributed by atoms with Crippen LogP contribution < -0.4 is 15.6 Å². The van der Waals surface area contributed by atoms with E-state index >= 15 is 0 Å². The second kappa shape index (κ2) is 7.48. The Morgan fingerprint density at radius 2 is 2.04 bits per heavy atom. The van der Waals surface area contributed by atoms with Crippen molar-refractivity contribution in [2.75, 3.05) is 13.7 Å². The Bertz CT molecular complexity index is 916. The molecular formula is C18H17N3O4. The average Bonchev–Trinajstić information content (AvgIpc) is 3.17. The maximum atomic E-state index is 12.2. The lowest BCUT2D eigenvalue weighted by Crippen LogP contribution is -2.32. The number of benzene rings is 1. The third-order valence-electron chi connectivity index (χ3n) is 3.60. The quantitative estimate of drug-likeness (QED) is 0.742. The molecule has 0 radical (unpaired) electrons. The van der Waals surface area contributed by atoms with Crippen LogP contribution in [-0.2, 0) is 6.54 Å². The van der Waals surface area contributed by atoms with Crippen LogP contribution in [0.5, 0.6) is 5.75 Å². The van der Waals surface area contributed by atoms with Gasteiger partial charge in [0.2, 0.25) is 0 Å². The zero-order valence-electron chi connectivity index (χ0n) is 13.6. The molecule has 0 atom stereocenters. The van der Waals surface area contributed by atoms with Gasteiger partial charge in [-0.1, -0.05) is 12.1 Å². The molecule has 0 spiro atoms. The van der Waals surface area contributed by atoms with Gasteiger partial charge in [0.1, 0.15) is 11.4 Å². The van der Waals surface area contributed by atoms with Gasteiger partial charge >= 0.3 is 0 Å². The van der Waals surface area contributed by atoms with Crippen molar-refractivity contribution in [2.24, 2.45) is 0 Å². The maximum absolute atomic E-state index is 12.2. The molecule has 1 amide bonds. The Morgan fingerprint density at radius 3 is 2.80 bits per heavy atom. The van der Waals surface area contributed by atoms with Crippen LogP contribution in [0.4, 0.5) is 0 Å². The average molecular weight is 339 g/mol. The summed E-state index contributed by atoms with van der Waals surface area (Å²) in [6.45, 7) is 0.500. The molecule has 7 nitrogen and oxygen atoms in total. The maximum Gasteiger partial charge on any atom is 0.266 e. The summed E-state index contributed by atoms with van der Waals surface area (Å²) in [6.07, 6.45) is 1.54. The number of para-hydroxylation sites is 1. The van der Waals surface area contributed by atoms with E-state index < -0.39 is 0 Å². The monoisotopic (exact) mass is 339 g/mol. The third kappa shape index (κ3) is 3.77. The summed E-state index contributed by atoms with van der Waals surface area (Å²) in [7, 11) is 1.51. The molecule has 7 heteroatoms. The summed E-state index contributed by atoms with van der Waals surface area (Å²) in [4.78, 5) is 24.2. The van der Waals surface area contributed by atoms with Crippen molar-refractivity contribution in [3.8, 4) is 17.2 Å². The van der Waals surface area contributed by atoms with Crippen LogP contribution in [0.1, 0.15) is 10.4 Å². The number of furan rings is 1. The molecule has 128 valence electrons. The Hall–Kier alpha value is -3.35. The van der Waals surface area contributed by atoms with Crippen molar-refractivity contribution in [2.45, 2.75) is 6.54 Å².